The van der Waals surface area contributed by atoms with E-state index in [0.29, 0.717) is 22.9 Å². The summed E-state index contributed by atoms with van der Waals surface area (Å²) in [7, 11) is -2.67. The molecule has 0 fully saturated rings. The van der Waals surface area contributed by atoms with Crippen molar-refractivity contribution in [3.63, 3.8) is 0 Å². The van der Waals surface area contributed by atoms with Gasteiger partial charge in [0.2, 0.25) is 11.8 Å². The number of methoxy groups -OCH3 is 1. The molecule has 0 saturated carbocycles. The number of nitrogens with one attached hydrogen (secondary N) is 1. The lowest BCUT2D eigenvalue weighted by atomic mass is 10.1. The van der Waals surface area contributed by atoms with E-state index in [1.165, 1.54) is 24.1 Å². The Morgan fingerprint density at radius 2 is 1.64 bits per heavy atom. The van der Waals surface area contributed by atoms with E-state index in [1.807, 2.05) is 13.8 Å². The van der Waals surface area contributed by atoms with E-state index in [0.717, 1.165) is 4.31 Å². The predicted octanol–water partition coefficient (Wildman–Crippen LogP) is 4.73. The topological polar surface area (TPSA) is 96.0 Å². The van der Waals surface area contributed by atoms with Gasteiger partial charge in [-0.2, -0.15) is 0 Å². The van der Waals surface area contributed by atoms with Crippen molar-refractivity contribution < 1.29 is 22.7 Å². The summed E-state index contributed by atoms with van der Waals surface area (Å²) in [5, 5.41) is 3.35. The third kappa shape index (κ3) is 7.97. The second-order valence-electron chi connectivity index (χ2n) is 9.49. The highest BCUT2D eigenvalue weighted by atomic mass is 35.5. The van der Waals surface area contributed by atoms with E-state index in [2.05, 4.69) is 5.32 Å². The molecule has 1 atom stereocenters. The van der Waals surface area contributed by atoms with Gasteiger partial charge in [-0.3, -0.25) is 13.9 Å². The summed E-state index contributed by atoms with van der Waals surface area (Å²) < 4.78 is 33.9. The summed E-state index contributed by atoms with van der Waals surface area (Å²) in [5.74, 6) is -0.231. The Labute approximate surface area is 235 Å². The smallest absolute Gasteiger partial charge is 0.264 e. The molecule has 2 amide bonds. The third-order valence-electron chi connectivity index (χ3n) is 6.05. The average molecular weight is 572 g/mol. The van der Waals surface area contributed by atoms with Crippen molar-refractivity contribution in [1.82, 2.24) is 10.2 Å². The monoisotopic (exact) mass is 571 g/mol. The Balaban J connectivity index is 2.02. The second kappa shape index (κ2) is 13.5. The van der Waals surface area contributed by atoms with Gasteiger partial charge >= 0.3 is 0 Å². The molecule has 0 bridgehead atoms. The van der Waals surface area contributed by atoms with Crippen LogP contribution >= 0.6 is 11.6 Å². The molecule has 3 aromatic rings. The number of halogens is 1. The molecule has 0 aliphatic rings. The fourth-order valence-corrected chi connectivity index (χ4v) is 5.52. The van der Waals surface area contributed by atoms with E-state index in [-0.39, 0.29) is 29.0 Å². The normalized spacial score (nSPS) is 12.1. The second-order valence-corrected chi connectivity index (χ2v) is 11.8. The van der Waals surface area contributed by atoms with Crippen LogP contribution < -0.4 is 14.4 Å². The number of anilines is 1. The van der Waals surface area contributed by atoms with Crippen LogP contribution in [0.25, 0.3) is 0 Å². The highest BCUT2D eigenvalue weighted by Crippen LogP contribution is 2.27. The van der Waals surface area contributed by atoms with E-state index in [1.54, 1.807) is 73.7 Å². The zero-order chi connectivity index (χ0) is 28.6. The zero-order valence-electron chi connectivity index (χ0n) is 22.5. The summed E-state index contributed by atoms with van der Waals surface area (Å²) >= 11 is 6.17. The molecule has 10 heteroatoms. The quantitative estimate of drug-likeness (QED) is 0.339. The summed E-state index contributed by atoms with van der Waals surface area (Å²) in [4.78, 5) is 28.3. The summed E-state index contributed by atoms with van der Waals surface area (Å²) in [6.07, 6.45) is 0. The maximum absolute atomic E-state index is 13.9. The highest BCUT2D eigenvalue weighted by Gasteiger charge is 2.32. The Hall–Kier alpha value is -3.56. The van der Waals surface area contributed by atoms with Crippen molar-refractivity contribution in [3.05, 3.63) is 89.4 Å². The molecule has 0 saturated heterocycles. The molecule has 3 aromatic carbocycles. The molecular weight excluding hydrogens is 538 g/mol. The van der Waals surface area contributed by atoms with Crippen LogP contribution in [0.1, 0.15) is 26.3 Å². The molecule has 3 rings (SSSR count). The van der Waals surface area contributed by atoms with Gasteiger partial charge in [0.1, 0.15) is 18.3 Å². The SMILES string of the molecule is COc1cccc(N(CC(=O)N(Cc2cccc(Cl)c2)[C@@H](C)C(=O)NCC(C)C)S(=O)(=O)c2ccccc2)c1. The first-order valence-electron chi connectivity index (χ1n) is 12.6. The summed E-state index contributed by atoms with van der Waals surface area (Å²) in [5.41, 5.74) is 0.962. The molecule has 0 aliphatic carbocycles. The number of rotatable bonds is 12. The fourth-order valence-electron chi connectivity index (χ4n) is 3.88. The minimum atomic E-state index is -4.15. The highest BCUT2D eigenvalue weighted by molar-refractivity contribution is 7.92. The minimum absolute atomic E-state index is 0.0322. The van der Waals surface area contributed by atoms with Crippen molar-refractivity contribution in [3.8, 4) is 5.75 Å². The van der Waals surface area contributed by atoms with Crippen LogP contribution in [0.2, 0.25) is 5.02 Å². The van der Waals surface area contributed by atoms with Gasteiger partial charge < -0.3 is 15.0 Å². The first-order valence-corrected chi connectivity index (χ1v) is 14.4. The standard InChI is InChI=1S/C29H34ClN3O5S/c1-21(2)18-31-29(35)22(3)32(19-23-10-8-11-24(30)16-23)28(34)20-33(25-12-9-13-26(17-25)38-4)39(36,37)27-14-6-5-7-15-27/h5-17,21-22H,18-20H2,1-4H3,(H,31,35)/t22-/m0/s1. The zero-order valence-corrected chi connectivity index (χ0v) is 24.1. The van der Waals surface area contributed by atoms with Crippen LogP contribution in [0, 0.1) is 5.92 Å². The van der Waals surface area contributed by atoms with Crippen LogP contribution in [0.15, 0.2) is 83.8 Å². The minimum Gasteiger partial charge on any atom is -0.497 e. The molecule has 0 unspecified atom stereocenters. The van der Waals surface area contributed by atoms with Gasteiger partial charge in [0.15, 0.2) is 0 Å². The van der Waals surface area contributed by atoms with Gasteiger partial charge in [0.25, 0.3) is 10.0 Å². The number of hydrogen-bond donors (Lipinski definition) is 1. The lowest BCUT2D eigenvalue weighted by Crippen LogP contribution is -2.51. The molecular formula is C29H34ClN3O5S. The number of hydrogen-bond acceptors (Lipinski definition) is 5. The summed E-state index contributed by atoms with van der Waals surface area (Å²) in [6, 6.07) is 20.5. The fraction of sp³-hybridized carbons (Fsp3) is 0.310. The van der Waals surface area contributed by atoms with E-state index in [9.17, 15) is 18.0 Å². The van der Waals surface area contributed by atoms with Crippen molar-refractivity contribution in [1.29, 1.82) is 0 Å². The molecule has 1 N–H and O–H groups in total. The average Bonchev–Trinajstić information content (AvgIpc) is 2.93. The molecule has 8 nitrogen and oxygen atoms in total. The lowest BCUT2D eigenvalue weighted by molar-refractivity contribution is -0.139. The number of sulfonamides is 1. The maximum Gasteiger partial charge on any atom is 0.264 e. The number of carbonyl (C=O) groups excluding carboxylic acids is 2. The Morgan fingerprint density at radius 1 is 0.949 bits per heavy atom. The Morgan fingerprint density at radius 3 is 2.28 bits per heavy atom. The number of ether oxygens (including phenoxy) is 1. The van der Waals surface area contributed by atoms with Gasteiger partial charge in [0.05, 0.1) is 17.7 Å². The van der Waals surface area contributed by atoms with Crippen LogP contribution in [0.5, 0.6) is 5.75 Å². The Bertz CT molecular complexity index is 1380. The van der Waals surface area contributed by atoms with Crippen LogP contribution in [-0.2, 0) is 26.2 Å². The first kappa shape index (κ1) is 30.0. The number of benzene rings is 3. The van der Waals surface area contributed by atoms with Crippen molar-refractivity contribution in [2.45, 2.75) is 38.3 Å². The number of amides is 2. The van der Waals surface area contributed by atoms with Gasteiger partial charge in [-0.1, -0.05) is 61.8 Å². The molecule has 208 valence electrons. The van der Waals surface area contributed by atoms with Crippen LogP contribution in [0.4, 0.5) is 5.69 Å². The van der Waals surface area contributed by atoms with Crippen LogP contribution in [0.3, 0.4) is 0 Å². The van der Waals surface area contributed by atoms with Gasteiger partial charge in [-0.15, -0.1) is 0 Å². The van der Waals surface area contributed by atoms with Crippen molar-refractivity contribution >= 4 is 39.1 Å². The third-order valence-corrected chi connectivity index (χ3v) is 8.07. The molecule has 39 heavy (non-hydrogen) atoms. The van der Waals surface area contributed by atoms with Gasteiger partial charge in [-0.25, -0.2) is 8.42 Å². The molecule has 0 aromatic heterocycles. The maximum atomic E-state index is 13.9. The molecule has 0 heterocycles. The largest absolute Gasteiger partial charge is 0.497 e. The summed E-state index contributed by atoms with van der Waals surface area (Å²) in [6.45, 7) is 5.54. The van der Waals surface area contributed by atoms with Crippen molar-refractivity contribution in [2.75, 3.05) is 24.5 Å². The van der Waals surface area contributed by atoms with E-state index < -0.39 is 28.5 Å². The van der Waals surface area contributed by atoms with Crippen molar-refractivity contribution in [2.24, 2.45) is 5.92 Å². The lowest BCUT2D eigenvalue weighted by Gasteiger charge is -2.32. The van der Waals surface area contributed by atoms with Crippen LogP contribution in [-0.4, -0.2) is 51.4 Å². The first-order chi connectivity index (χ1) is 18.5. The molecule has 0 spiro atoms. The number of carbonyl (C=O) groups is 2. The van der Waals surface area contributed by atoms with E-state index in [4.69, 9.17) is 16.3 Å². The molecule has 0 radical (unpaired) electrons. The Kier molecular flexibility index (Phi) is 10.4. The number of nitrogens with zero attached hydrogens (tertiary/aromatic N) is 2. The molecule has 0 aliphatic heterocycles. The van der Waals surface area contributed by atoms with Gasteiger partial charge in [0, 0.05) is 24.2 Å². The van der Waals surface area contributed by atoms with E-state index >= 15 is 0 Å². The predicted molar refractivity (Wildman–Crippen MR) is 153 cm³/mol. The van der Waals surface area contributed by atoms with Gasteiger partial charge in [-0.05, 0) is 54.8 Å².